The van der Waals surface area contributed by atoms with Crippen molar-refractivity contribution in [3.63, 3.8) is 0 Å². The van der Waals surface area contributed by atoms with Gasteiger partial charge in [0.15, 0.2) is 0 Å². The summed E-state index contributed by atoms with van der Waals surface area (Å²) in [6, 6.07) is 0. The molecule has 2 aromatic heterocycles. The molecule has 6 heteroatoms. The van der Waals surface area contributed by atoms with Crippen LogP contribution in [0.2, 0.25) is 0 Å². The van der Waals surface area contributed by atoms with Gasteiger partial charge in [-0.2, -0.15) is 0 Å². The summed E-state index contributed by atoms with van der Waals surface area (Å²) in [7, 11) is -0.811. The predicted octanol–water partition coefficient (Wildman–Crippen LogP) is 2.36. The van der Waals surface area contributed by atoms with Gasteiger partial charge < -0.3 is 5.32 Å². The maximum absolute atomic E-state index is 11.4. The van der Waals surface area contributed by atoms with Gasteiger partial charge in [-0.05, 0) is 31.7 Å². The van der Waals surface area contributed by atoms with E-state index in [2.05, 4.69) is 15.3 Å². The van der Waals surface area contributed by atoms with Crippen molar-refractivity contribution < 1.29 is 4.21 Å². The van der Waals surface area contributed by atoms with Crippen LogP contribution in [0.3, 0.4) is 0 Å². The van der Waals surface area contributed by atoms with Crippen molar-refractivity contribution in [2.75, 3.05) is 18.1 Å². The summed E-state index contributed by atoms with van der Waals surface area (Å²) in [5, 5.41) is 4.66. The van der Waals surface area contributed by atoms with Crippen molar-refractivity contribution in [3.8, 4) is 0 Å². The smallest absolute Gasteiger partial charge is 0.138 e. The van der Waals surface area contributed by atoms with Crippen molar-refractivity contribution >= 4 is 38.2 Å². The Morgan fingerprint density at radius 3 is 3.11 bits per heavy atom. The van der Waals surface area contributed by atoms with Crippen LogP contribution in [0.15, 0.2) is 6.33 Å². The maximum Gasteiger partial charge on any atom is 0.138 e. The summed E-state index contributed by atoms with van der Waals surface area (Å²) >= 11 is 1.79. The van der Waals surface area contributed by atoms with E-state index in [-0.39, 0.29) is 5.25 Å². The first-order valence-corrected chi connectivity index (χ1v) is 8.92. The Labute approximate surface area is 119 Å². The van der Waals surface area contributed by atoms with E-state index >= 15 is 0 Å². The first kappa shape index (κ1) is 13.0. The molecule has 0 radical (unpaired) electrons. The van der Waals surface area contributed by atoms with E-state index in [1.54, 1.807) is 23.9 Å². The molecular formula is C13H17N3OS2. The Hall–Kier alpha value is -1.01. The van der Waals surface area contributed by atoms with Crippen LogP contribution in [-0.4, -0.2) is 32.2 Å². The van der Waals surface area contributed by atoms with Crippen molar-refractivity contribution in [1.29, 1.82) is 0 Å². The molecule has 0 bridgehead atoms. The quantitative estimate of drug-likeness (QED) is 0.941. The van der Waals surface area contributed by atoms with Crippen LogP contribution >= 0.6 is 11.3 Å². The highest BCUT2D eigenvalue weighted by Crippen LogP contribution is 2.38. The lowest BCUT2D eigenvalue weighted by Crippen LogP contribution is -2.21. The van der Waals surface area contributed by atoms with Crippen LogP contribution < -0.4 is 5.32 Å². The highest BCUT2D eigenvalue weighted by atomic mass is 32.2. The summed E-state index contributed by atoms with van der Waals surface area (Å²) in [4.78, 5) is 11.3. The summed E-state index contributed by atoms with van der Waals surface area (Å²) in [5.74, 6) is 0.904. The van der Waals surface area contributed by atoms with Gasteiger partial charge in [0.1, 0.15) is 17.0 Å². The average molecular weight is 295 g/mol. The van der Waals surface area contributed by atoms with Gasteiger partial charge in [-0.3, -0.25) is 4.21 Å². The molecule has 4 nitrogen and oxygen atoms in total. The molecule has 0 aromatic carbocycles. The van der Waals surface area contributed by atoms with Crippen molar-refractivity contribution in [3.05, 3.63) is 16.8 Å². The maximum atomic E-state index is 11.4. The standard InChI is InChI=1S/C13H17N3OS2/c1-8(19(2)17)6-14-12-11-9-4-3-5-10(9)18-13(11)16-7-15-12/h7-8H,3-6H2,1-2H3,(H,14,15,16)/t8-,19+/m1/s1. The van der Waals surface area contributed by atoms with E-state index in [9.17, 15) is 4.21 Å². The fourth-order valence-corrected chi connectivity index (χ4v) is 3.97. The Balaban J connectivity index is 1.93. The molecule has 1 aliphatic carbocycles. The zero-order chi connectivity index (χ0) is 13.4. The first-order valence-electron chi connectivity index (χ1n) is 6.48. The molecule has 0 saturated heterocycles. The Kier molecular flexibility index (Phi) is 3.54. The average Bonchev–Trinajstić information content (AvgIpc) is 2.95. The molecule has 102 valence electrons. The van der Waals surface area contributed by atoms with Gasteiger partial charge in [-0.15, -0.1) is 11.3 Å². The van der Waals surface area contributed by atoms with Crippen LogP contribution in [0, 0.1) is 0 Å². The minimum Gasteiger partial charge on any atom is -0.368 e. The van der Waals surface area contributed by atoms with Crippen molar-refractivity contribution in [2.24, 2.45) is 0 Å². The Morgan fingerprint density at radius 1 is 1.47 bits per heavy atom. The number of hydrogen-bond donors (Lipinski definition) is 1. The topological polar surface area (TPSA) is 54.9 Å². The number of fused-ring (bicyclic) bond motifs is 3. The number of anilines is 1. The summed E-state index contributed by atoms with van der Waals surface area (Å²) in [6.45, 7) is 2.67. The zero-order valence-electron chi connectivity index (χ0n) is 11.1. The highest BCUT2D eigenvalue weighted by Gasteiger charge is 2.21. The number of hydrogen-bond acceptors (Lipinski definition) is 5. The fourth-order valence-electron chi connectivity index (χ4n) is 2.42. The van der Waals surface area contributed by atoms with Gasteiger partial charge in [-0.25, -0.2) is 9.97 Å². The molecule has 0 saturated carbocycles. The molecule has 0 aliphatic heterocycles. The fraction of sp³-hybridized carbons (Fsp3) is 0.538. The number of nitrogens with zero attached hydrogens (tertiary/aromatic N) is 2. The van der Waals surface area contributed by atoms with E-state index in [0.717, 1.165) is 17.1 Å². The largest absolute Gasteiger partial charge is 0.368 e. The predicted molar refractivity (Wildman–Crippen MR) is 81.5 cm³/mol. The van der Waals surface area contributed by atoms with Crippen LogP contribution in [0.25, 0.3) is 10.2 Å². The van der Waals surface area contributed by atoms with Crippen LogP contribution in [-0.2, 0) is 23.6 Å². The Morgan fingerprint density at radius 2 is 2.32 bits per heavy atom. The first-order chi connectivity index (χ1) is 9.16. The molecule has 1 aliphatic rings. The SMILES string of the molecule is C[C@H](CNc1ncnc2sc3c(c12)CCC3)[S@](C)=O. The molecule has 3 rings (SSSR count). The summed E-state index contributed by atoms with van der Waals surface area (Å²) in [5.41, 5.74) is 1.42. The second-order valence-corrected chi connectivity index (χ2v) is 7.84. The monoisotopic (exact) mass is 295 g/mol. The highest BCUT2D eigenvalue weighted by molar-refractivity contribution is 7.84. The van der Waals surface area contributed by atoms with E-state index in [1.165, 1.54) is 28.7 Å². The minimum absolute atomic E-state index is 0.122. The molecule has 0 amide bonds. The molecule has 2 aromatic rings. The van der Waals surface area contributed by atoms with Crippen LogP contribution in [0.5, 0.6) is 0 Å². The Bertz CT molecular complexity index is 638. The lowest BCUT2D eigenvalue weighted by Gasteiger charge is -2.11. The molecule has 2 heterocycles. The summed E-state index contributed by atoms with van der Waals surface area (Å²) in [6.07, 6.45) is 6.90. The van der Waals surface area contributed by atoms with Gasteiger partial charge >= 0.3 is 0 Å². The summed E-state index contributed by atoms with van der Waals surface area (Å²) < 4.78 is 11.4. The number of aryl methyl sites for hydroxylation is 2. The number of aromatic nitrogens is 2. The lowest BCUT2D eigenvalue weighted by atomic mass is 10.2. The van der Waals surface area contributed by atoms with Gasteiger partial charge in [-0.1, -0.05) is 0 Å². The number of nitrogens with one attached hydrogen (secondary N) is 1. The molecular weight excluding hydrogens is 278 g/mol. The van der Waals surface area contributed by atoms with Crippen molar-refractivity contribution in [2.45, 2.75) is 31.4 Å². The third-order valence-corrected chi connectivity index (χ3v) is 6.12. The van der Waals surface area contributed by atoms with Gasteiger partial charge in [0.2, 0.25) is 0 Å². The van der Waals surface area contributed by atoms with E-state index in [1.807, 2.05) is 6.92 Å². The second-order valence-electron chi connectivity index (χ2n) is 4.95. The molecule has 0 spiro atoms. The normalized spacial score (nSPS) is 17.4. The third-order valence-electron chi connectivity index (χ3n) is 3.62. The number of thiophene rings is 1. The van der Waals surface area contributed by atoms with E-state index in [4.69, 9.17) is 0 Å². The van der Waals surface area contributed by atoms with Crippen LogP contribution in [0.4, 0.5) is 5.82 Å². The molecule has 19 heavy (non-hydrogen) atoms. The second kappa shape index (κ2) is 5.17. The zero-order valence-corrected chi connectivity index (χ0v) is 12.7. The molecule has 2 atom stereocenters. The molecule has 0 unspecified atom stereocenters. The number of rotatable bonds is 4. The van der Waals surface area contributed by atoms with Crippen LogP contribution in [0.1, 0.15) is 23.8 Å². The molecule has 1 N–H and O–H groups in total. The van der Waals surface area contributed by atoms with E-state index < -0.39 is 10.8 Å². The van der Waals surface area contributed by atoms with Gasteiger partial charge in [0, 0.05) is 33.7 Å². The third kappa shape index (κ3) is 2.39. The minimum atomic E-state index is -0.811. The van der Waals surface area contributed by atoms with Gasteiger partial charge in [0.05, 0.1) is 5.39 Å². The molecule has 0 fully saturated rings. The van der Waals surface area contributed by atoms with Crippen molar-refractivity contribution in [1.82, 2.24) is 9.97 Å². The van der Waals surface area contributed by atoms with E-state index in [0.29, 0.717) is 6.54 Å². The lowest BCUT2D eigenvalue weighted by molar-refractivity contribution is 0.679. The van der Waals surface area contributed by atoms with Gasteiger partial charge in [0.25, 0.3) is 0 Å².